The summed E-state index contributed by atoms with van der Waals surface area (Å²) in [6.45, 7) is 2.49. The number of carbonyl (C=O) groups excluding carboxylic acids is 1. The zero-order chi connectivity index (χ0) is 19.9. The lowest BCUT2D eigenvalue weighted by Gasteiger charge is -2.02. The van der Waals surface area contributed by atoms with Crippen molar-refractivity contribution in [1.29, 1.82) is 0 Å². The zero-order valence-corrected chi connectivity index (χ0v) is 15.0. The molecule has 0 unspecified atom stereocenters. The van der Waals surface area contributed by atoms with E-state index in [1.165, 1.54) is 18.3 Å². The van der Waals surface area contributed by atoms with E-state index >= 15 is 0 Å². The van der Waals surface area contributed by atoms with Gasteiger partial charge in [0.1, 0.15) is 11.4 Å². The highest BCUT2D eigenvalue weighted by Crippen LogP contribution is 2.21. The van der Waals surface area contributed by atoms with Crippen LogP contribution >= 0.6 is 0 Å². The van der Waals surface area contributed by atoms with Crippen molar-refractivity contribution in [2.24, 2.45) is 5.10 Å². The average molecular weight is 379 g/mol. The van der Waals surface area contributed by atoms with E-state index in [0.29, 0.717) is 12.3 Å². The molecule has 1 amide bonds. The fourth-order valence-corrected chi connectivity index (χ4v) is 2.46. The number of nitrogens with zero attached hydrogens (tertiary/aromatic N) is 3. The van der Waals surface area contributed by atoms with Crippen LogP contribution in [0.4, 0.5) is 5.69 Å². The van der Waals surface area contributed by atoms with Crippen LogP contribution in [0.15, 0.2) is 59.7 Å². The van der Waals surface area contributed by atoms with Crippen molar-refractivity contribution in [3.05, 3.63) is 76.0 Å². The number of hydrogen-bond acceptors (Lipinski definition) is 6. The summed E-state index contributed by atoms with van der Waals surface area (Å²) in [5, 5.41) is 21.5. The Morgan fingerprint density at radius 2 is 2.04 bits per heavy atom. The Kier molecular flexibility index (Phi) is 5.75. The van der Waals surface area contributed by atoms with Crippen LogP contribution in [0.25, 0.3) is 11.3 Å². The molecular formula is C19H17N5O4. The molecule has 9 heteroatoms. The topological polar surface area (TPSA) is 123 Å². The van der Waals surface area contributed by atoms with Gasteiger partial charge in [0.15, 0.2) is 0 Å². The third-order valence-electron chi connectivity index (χ3n) is 3.79. The normalized spacial score (nSPS) is 10.8. The quantitative estimate of drug-likeness (QED) is 0.371. The van der Waals surface area contributed by atoms with E-state index in [2.05, 4.69) is 20.7 Å². The lowest BCUT2D eigenvalue weighted by Crippen LogP contribution is -2.18. The largest absolute Gasteiger partial charge is 0.494 e. The molecule has 1 heterocycles. The second-order valence-electron chi connectivity index (χ2n) is 5.64. The molecule has 1 aromatic heterocycles. The Morgan fingerprint density at radius 3 is 2.75 bits per heavy atom. The fraction of sp³-hybridized carbons (Fsp3) is 0.105. The molecule has 0 aliphatic rings. The summed E-state index contributed by atoms with van der Waals surface area (Å²) in [5.41, 5.74) is 4.13. The zero-order valence-electron chi connectivity index (χ0n) is 15.0. The number of aromatic amines is 1. The van der Waals surface area contributed by atoms with Crippen molar-refractivity contribution < 1.29 is 14.5 Å². The van der Waals surface area contributed by atoms with E-state index in [1.54, 1.807) is 18.2 Å². The molecule has 0 bridgehead atoms. The minimum Gasteiger partial charge on any atom is -0.494 e. The van der Waals surface area contributed by atoms with Gasteiger partial charge in [-0.2, -0.15) is 10.2 Å². The monoisotopic (exact) mass is 379 g/mol. The van der Waals surface area contributed by atoms with Crippen LogP contribution in [0.3, 0.4) is 0 Å². The van der Waals surface area contributed by atoms with Gasteiger partial charge in [-0.1, -0.05) is 12.1 Å². The Hall–Kier alpha value is -4.01. The summed E-state index contributed by atoms with van der Waals surface area (Å²) < 4.78 is 5.39. The van der Waals surface area contributed by atoms with Gasteiger partial charge in [0.2, 0.25) is 0 Å². The number of carbonyl (C=O) groups is 1. The van der Waals surface area contributed by atoms with Crippen LogP contribution in [-0.4, -0.2) is 33.8 Å². The Morgan fingerprint density at radius 1 is 1.29 bits per heavy atom. The Balaban J connectivity index is 1.67. The molecule has 9 nitrogen and oxygen atoms in total. The fourth-order valence-electron chi connectivity index (χ4n) is 2.46. The number of benzene rings is 2. The van der Waals surface area contributed by atoms with Crippen LogP contribution < -0.4 is 10.2 Å². The molecule has 0 radical (unpaired) electrons. The predicted octanol–water partition coefficient (Wildman–Crippen LogP) is 3.15. The molecule has 2 N–H and O–H groups in total. The molecule has 3 rings (SSSR count). The van der Waals surface area contributed by atoms with Crippen molar-refractivity contribution in [2.45, 2.75) is 6.92 Å². The molecule has 142 valence electrons. The molecule has 0 atom stereocenters. The number of ether oxygens (including phenoxy) is 1. The number of nitrogens with one attached hydrogen (secondary N) is 2. The van der Waals surface area contributed by atoms with Crippen molar-refractivity contribution in [3.8, 4) is 17.0 Å². The molecule has 0 aliphatic carbocycles. The van der Waals surface area contributed by atoms with Crippen LogP contribution in [0.1, 0.15) is 23.0 Å². The molecule has 2 aromatic carbocycles. The maximum absolute atomic E-state index is 12.2. The SMILES string of the molecule is CCOc1ccc(-c2cc(C(=O)N/N=C/c3ccccc3[N+](=O)[O-])[nH]n2)cc1. The molecule has 3 aromatic rings. The van der Waals surface area contributed by atoms with Crippen LogP contribution in [0.2, 0.25) is 0 Å². The Labute approximate surface area is 160 Å². The second-order valence-corrected chi connectivity index (χ2v) is 5.64. The van der Waals surface area contributed by atoms with E-state index in [4.69, 9.17) is 4.74 Å². The number of amides is 1. The van der Waals surface area contributed by atoms with Crippen molar-refractivity contribution in [1.82, 2.24) is 15.6 Å². The van der Waals surface area contributed by atoms with Crippen LogP contribution in [0.5, 0.6) is 5.75 Å². The predicted molar refractivity (Wildman–Crippen MR) is 103 cm³/mol. The third kappa shape index (κ3) is 4.39. The minimum atomic E-state index is -0.514. The lowest BCUT2D eigenvalue weighted by molar-refractivity contribution is -0.385. The molecule has 0 saturated carbocycles. The number of aromatic nitrogens is 2. The first-order chi connectivity index (χ1) is 13.6. The number of hydrogen-bond donors (Lipinski definition) is 2. The van der Waals surface area contributed by atoms with Gasteiger partial charge in [0, 0.05) is 11.6 Å². The van der Waals surface area contributed by atoms with E-state index < -0.39 is 10.8 Å². The first kappa shape index (κ1) is 18.8. The first-order valence-corrected chi connectivity index (χ1v) is 8.44. The van der Waals surface area contributed by atoms with Gasteiger partial charge in [0.05, 0.1) is 29.0 Å². The number of H-pyrrole nitrogens is 1. The maximum atomic E-state index is 12.2. The lowest BCUT2D eigenvalue weighted by atomic mass is 10.1. The van der Waals surface area contributed by atoms with Crippen molar-refractivity contribution in [3.63, 3.8) is 0 Å². The number of nitro groups is 1. The third-order valence-corrected chi connectivity index (χ3v) is 3.79. The standard InChI is InChI=1S/C19H17N5O4/c1-2-28-15-9-7-13(8-10-15)16-11-17(22-21-16)19(25)23-20-12-14-5-3-4-6-18(14)24(26)27/h3-12H,2H2,1H3,(H,21,22)(H,23,25)/b20-12+. The van der Waals surface area contributed by atoms with Gasteiger partial charge in [0.25, 0.3) is 11.6 Å². The molecular weight excluding hydrogens is 362 g/mol. The van der Waals surface area contributed by atoms with Gasteiger partial charge >= 0.3 is 0 Å². The van der Waals surface area contributed by atoms with E-state index in [9.17, 15) is 14.9 Å². The molecule has 0 aliphatic heterocycles. The van der Waals surface area contributed by atoms with E-state index in [1.807, 2.05) is 31.2 Å². The van der Waals surface area contributed by atoms with E-state index in [-0.39, 0.29) is 16.9 Å². The molecule has 28 heavy (non-hydrogen) atoms. The van der Waals surface area contributed by atoms with E-state index in [0.717, 1.165) is 11.3 Å². The highest BCUT2D eigenvalue weighted by Gasteiger charge is 2.12. The highest BCUT2D eigenvalue weighted by molar-refractivity contribution is 5.94. The second kappa shape index (κ2) is 8.58. The summed E-state index contributed by atoms with van der Waals surface area (Å²) in [7, 11) is 0. The summed E-state index contributed by atoms with van der Waals surface area (Å²) in [6.07, 6.45) is 1.22. The van der Waals surface area contributed by atoms with Gasteiger partial charge in [-0.15, -0.1) is 0 Å². The van der Waals surface area contributed by atoms with Crippen molar-refractivity contribution in [2.75, 3.05) is 6.61 Å². The van der Waals surface area contributed by atoms with Gasteiger partial charge in [-0.3, -0.25) is 20.0 Å². The maximum Gasteiger partial charge on any atom is 0.289 e. The van der Waals surface area contributed by atoms with Gasteiger partial charge in [-0.25, -0.2) is 5.43 Å². The number of hydrazone groups is 1. The smallest absolute Gasteiger partial charge is 0.289 e. The van der Waals surface area contributed by atoms with Crippen molar-refractivity contribution >= 4 is 17.8 Å². The first-order valence-electron chi connectivity index (χ1n) is 8.44. The van der Waals surface area contributed by atoms with Gasteiger partial charge in [-0.05, 0) is 43.3 Å². The minimum absolute atomic E-state index is 0.0974. The summed E-state index contributed by atoms with van der Waals surface area (Å²) in [4.78, 5) is 22.6. The number of nitro benzene ring substituents is 1. The molecule has 0 fully saturated rings. The average Bonchev–Trinajstić information content (AvgIpc) is 3.19. The Bertz CT molecular complexity index is 1010. The molecule has 0 spiro atoms. The summed E-state index contributed by atoms with van der Waals surface area (Å²) >= 11 is 0. The van der Waals surface area contributed by atoms with Crippen LogP contribution in [0, 0.1) is 10.1 Å². The van der Waals surface area contributed by atoms with Crippen LogP contribution in [-0.2, 0) is 0 Å². The van der Waals surface area contributed by atoms with Gasteiger partial charge < -0.3 is 4.74 Å². The number of rotatable bonds is 7. The highest BCUT2D eigenvalue weighted by atomic mass is 16.6. The molecule has 0 saturated heterocycles. The summed E-state index contributed by atoms with van der Waals surface area (Å²) in [6, 6.07) is 15.0. The number of para-hydroxylation sites is 1. The summed E-state index contributed by atoms with van der Waals surface area (Å²) in [5.74, 6) is 0.239.